The molecule has 144 valence electrons. The minimum Gasteiger partial charge on any atom is -0.472 e. The summed E-state index contributed by atoms with van der Waals surface area (Å²) < 4.78 is 5.23. The molecular weight excluding hydrogens is 336 g/mol. The van der Waals surface area contributed by atoms with E-state index in [9.17, 15) is 5.11 Å². The minimum absolute atomic E-state index is 0.0612. The van der Waals surface area contributed by atoms with Gasteiger partial charge < -0.3 is 9.52 Å². The van der Waals surface area contributed by atoms with Gasteiger partial charge in [0, 0.05) is 36.7 Å². The van der Waals surface area contributed by atoms with Crippen LogP contribution in [0.5, 0.6) is 0 Å². The lowest BCUT2D eigenvalue weighted by Gasteiger charge is -2.54. The number of fused-ring (bicyclic) bond motifs is 1. The number of aliphatic hydroxyl groups is 1. The van der Waals surface area contributed by atoms with Gasteiger partial charge in [0.2, 0.25) is 0 Å². The molecule has 0 amide bonds. The van der Waals surface area contributed by atoms with Crippen LogP contribution in [0.15, 0.2) is 59.4 Å². The number of hydrogen-bond acceptors (Lipinski definition) is 4. The van der Waals surface area contributed by atoms with Crippen molar-refractivity contribution < 1.29 is 9.52 Å². The number of aliphatic hydroxyl groups excluding tert-OH is 1. The zero-order valence-electron chi connectivity index (χ0n) is 16.0. The highest BCUT2D eigenvalue weighted by atomic mass is 16.3. The van der Waals surface area contributed by atoms with Crippen molar-refractivity contribution in [3.63, 3.8) is 0 Å². The number of piperidine rings is 2. The van der Waals surface area contributed by atoms with Gasteiger partial charge in [-0.3, -0.25) is 9.80 Å². The molecule has 2 saturated heterocycles. The van der Waals surface area contributed by atoms with Crippen LogP contribution in [-0.2, 0) is 6.54 Å². The van der Waals surface area contributed by atoms with E-state index in [1.807, 2.05) is 12.3 Å². The van der Waals surface area contributed by atoms with Crippen LogP contribution in [0.25, 0.3) is 6.08 Å². The van der Waals surface area contributed by atoms with Crippen molar-refractivity contribution in [3.8, 4) is 0 Å². The molecule has 0 bridgehead atoms. The molecule has 2 atom stereocenters. The first-order valence-electron chi connectivity index (χ1n) is 10.1. The van der Waals surface area contributed by atoms with Crippen LogP contribution in [0.2, 0.25) is 0 Å². The Bertz CT molecular complexity index is 728. The molecule has 2 aliphatic heterocycles. The molecule has 3 heterocycles. The van der Waals surface area contributed by atoms with Gasteiger partial charge in [0.25, 0.3) is 0 Å². The van der Waals surface area contributed by atoms with E-state index in [2.05, 4.69) is 52.3 Å². The normalized spacial score (nSPS) is 27.1. The third-order valence-electron chi connectivity index (χ3n) is 6.38. The van der Waals surface area contributed by atoms with Gasteiger partial charge in [-0.2, -0.15) is 0 Å². The van der Waals surface area contributed by atoms with Crippen LogP contribution in [0, 0.1) is 5.41 Å². The standard InChI is InChI=1S/C23H30N2O2/c26-19-23-10-5-13-25(12-4-8-20-6-2-1-3-7-20)22(23)17-24(14-11-23)16-21-9-15-27-18-21/h1-4,6-9,15,18,22,26H,5,10-14,16-17,19H2/b8-4+/t22-,23-/m1/s1. The summed E-state index contributed by atoms with van der Waals surface area (Å²) in [7, 11) is 0. The molecular formula is C23H30N2O2. The summed E-state index contributed by atoms with van der Waals surface area (Å²) >= 11 is 0. The number of benzene rings is 1. The maximum atomic E-state index is 10.3. The third kappa shape index (κ3) is 4.18. The van der Waals surface area contributed by atoms with Crippen molar-refractivity contribution in [1.29, 1.82) is 0 Å². The summed E-state index contributed by atoms with van der Waals surface area (Å²) in [5.74, 6) is 0. The minimum atomic E-state index is 0.0612. The summed E-state index contributed by atoms with van der Waals surface area (Å²) in [5.41, 5.74) is 2.54. The lowest BCUT2D eigenvalue weighted by Crippen LogP contribution is -2.62. The maximum Gasteiger partial charge on any atom is 0.0947 e. The van der Waals surface area contributed by atoms with Crippen LogP contribution in [-0.4, -0.2) is 53.7 Å². The first-order chi connectivity index (χ1) is 13.3. The van der Waals surface area contributed by atoms with Crippen molar-refractivity contribution in [1.82, 2.24) is 9.80 Å². The summed E-state index contributed by atoms with van der Waals surface area (Å²) in [4.78, 5) is 5.10. The van der Waals surface area contributed by atoms with E-state index in [0.29, 0.717) is 12.6 Å². The molecule has 0 saturated carbocycles. The van der Waals surface area contributed by atoms with Gasteiger partial charge in [-0.1, -0.05) is 42.5 Å². The molecule has 4 nitrogen and oxygen atoms in total. The average Bonchev–Trinajstić information content (AvgIpc) is 3.22. The number of furan rings is 1. The van der Waals surface area contributed by atoms with E-state index in [-0.39, 0.29) is 5.41 Å². The Balaban J connectivity index is 1.45. The van der Waals surface area contributed by atoms with Gasteiger partial charge in [-0.25, -0.2) is 0 Å². The molecule has 0 aliphatic carbocycles. The Morgan fingerprint density at radius 1 is 1.15 bits per heavy atom. The highest BCUT2D eigenvalue weighted by molar-refractivity contribution is 5.48. The predicted molar refractivity (Wildman–Crippen MR) is 108 cm³/mol. The molecule has 4 rings (SSSR count). The Kier molecular flexibility index (Phi) is 5.77. The highest BCUT2D eigenvalue weighted by Crippen LogP contribution is 2.42. The zero-order valence-corrected chi connectivity index (χ0v) is 16.0. The summed E-state index contributed by atoms with van der Waals surface area (Å²) in [6.07, 6.45) is 11.5. The summed E-state index contributed by atoms with van der Waals surface area (Å²) in [5, 5.41) is 10.3. The van der Waals surface area contributed by atoms with E-state index in [0.717, 1.165) is 45.6 Å². The molecule has 0 unspecified atom stereocenters. The SMILES string of the molecule is OC[C@]12CCCN(C/C=C/c3ccccc3)[C@@H]1CN(Cc1ccoc1)CC2. The fourth-order valence-corrected chi connectivity index (χ4v) is 4.82. The molecule has 1 N–H and O–H groups in total. The van der Waals surface area contributed by atoms with Crippen LogP contribution >= 0.6 is 0 Å². The van der Waals surface area contributed by atoms with Gasteiger partial charge in [-0.15, -0.1) is 0 Å². The molecule has 2 aromatic rings. The van der Waals surface area contributed by atoms with E-state index in [1.165, 1.54) is 17.5 Å². The van der Waals surface area contributed by atoms with Crippen LogP contribution < -0.4 is 0 Å². The molecule has 1 aromatic carbocycles. The van der Waals surface area contributed by atoms with Crippen molar-refractivity contribution in [3.05, 3.63) is 66.1 Å². The van der Waals surface area contributed by atoms with E-state index < -0.39 is 0 Å². The smallest absolute Gasteiger partial charge is 0.0947 e. The fraction of sp³-hybridized carbons (Fsp3) is 0.478. The Hall–Kier alpha value is -1.88. The first kappa shape index (κ1) is 18.5. The quantitative estimate of drug-likeness (QED) is 0.847. The maximum absolute atomic E-state index is 10.3. The van der Waals surface area contributed by atoms with E-state index in [4.69, 9.17) is 4.42 Å². The van der Waals surface area contributed by atoms with Crippen LogP contribution in [0.1, 0.15) is 30.4 Å². The number of rotatable bonds is 6. The summed E-state index contributed by atoms with van der Waals surface area (Å²) in [6, 6.07) is 12.9. The highest BCUT2D eigenvalue weighted by Gasteiger charge is 2.47. The summed E-state index contributed by atoms with van der Waals surface area (Å²) in [6.45, 7) is 5.37. The van der Waals surface area contributed by atoms with Crippen LogP contribution in [0.3, 0.4) is 0 Å². The van der Waals surface area contributed by atoms with Crippen molar-refractivity contribution in [2.75, 3.05) is 32.8 Å². The van der Waals surface area contributed by atoms with Gasteiger partial charge >= 0.3 is 0 Å². The lowest BCUT2D eigenvalue weighted by atomic mass is 9.69. The Morgan fingerprint density at radius 3 is 2.81 bits per heavy atom. The largest absolute Gasteiger partial charge is 0.472 e. The van der Waals surface area contributed by atoms with Crippen molar-refractivity contribution >= 4 is 6.08 Å². The molecule has 0 radical (unpaired) electrons. The van der Waals surface area contributed by atoms with Gasteiger partial charge in [0.1, 0.15) is 0 Å². The molecule has 4 heteroatoms. The average molecular weight is 367 g/mol. The third-order valence-corrected chi connectivity index (χ3v) is 6.38. The second-order valence-corrected chi connectivity index (χ2v) is 8.06. The predicted octanol–water partition coefficient (Wildman–Crippen LogP) is 3.64. The molecule has 0 spiro atoms. The zero-order chi connectivity index (χ0) is 18.5. The first-order valence-corrected chi connectivity index (χ1v) is 10.1. The molecule has 27 heavy (non-hydrogen) atoms. The van der Waals surface area contributed by atoms with Crippen molar-refractivity contribution in [2.45, 2.75) is 31.8 Å². The van der Waals surface area contributed by atoms with Crippen molar-refractivity contribution in [2.24, 2.45) is 5.41 Å². The topological polar surface area (TPSA) is 39.9 Å². The second kappa shape index (κ2) is 8.42. The van der Waals surface area contributed by atoms with Gasteiger partial charge in [0.15, 0.2) is 0 Å². The monoisotopic (exact) mass is 366 g/mol. The molecule has 2 aliphatic rings. The number of hydrogen-bond donors (Lipinski definition) is 1. The lowest BCUT2D eigenvalue weighted by molar-refractivity contribution is -0.0737. The molecule has 2 fully saturated rings. The van der Waals surface area contributed by atoms with E-state index >= 15 is 0 Å². The van der Waals surface area contributed by atoms with Gasteiger partial charge in [-0.05, 0) is 44.0 Å². The van der Waals surface area contributed by atoms with Gasteiger partial charge in [0.05, 0.1) is 19.1 Å². The van der Waals surface area contributed by atoms with E-state index in [1.54, 1.807) is 6.26 Å². The second-order valence-electron chi connectivity index (χ2n) is 8.06. The number of nitrogens with zero attached hydrogens (tertiary/aromatic N) is 2. The number of likely N-dealkylation sites (tertiary alicyclic amines) is 2. The van der Waals surface area contributed by atoms with Crippen LogP contribution in [0.4, 0.5) is 0 Å². The Labute approximate surface area is 162 Å². The Morgan fingerprint density at radius 2 is 2.04 bits per heavy atom. The fourth-order valence-electron chi connectivity index (χ4n) is 4.82. The molecule has 1 aromatic heterocycles.